The Kier molecular flexibility index (Phi) is 10.9. The van der Waals surface area contributed by atoms with Gasteiger partial charge in [0, 0.05) is 0 Å². The fraction of sp³-hybridized carbons (Fsp3) is 0.833. The van der Waals surface area contributed by atoms with Crippen molar-refractivity contribution in [2.45, 2.75) is 50.6 Å². The van der Waals surface area contributed by atoms with Gasteiger partial charge in [-0.3, -0.25) is 9.59 Å². The molecule has 0 aromatic rings. The van der Waals surface area contributed by atoms with Crippen LogP contribution in [0.3, 0.4) is 0 Å². The van der Waals surface area contributed by atoms with Gasteiger partial charge in [0.2, 0.25) is 0 Å². The minimum Gasteiger partial charge on any atom is -0.480 e. The molecule has 0 spiro atoms. The molecular weight excluding hydrogens is 264 g/mol. The second kappa shape index (κ2) is 11.6. The van der Waals surface area contributed by atoms with E-state index in [0.29, 0.717) is 38.8 Å². The first-order chi connectivity index (χ1) is 9.52. The van der Waals surface area contributed by atoms with Crippen LogP contribution in [0.5, 0.6) is 0 Å². The lowest BCUT2D eigenvalue weighted by Gasteiger charge is -2.19. The highest BCUT2D eigenvalue weighted by atomic mass is 16.4. The van der Waals surface area contributed by atoms with Crippen LogP contribution in [0.2, 0.25) is 0 Å². The molecule has 0 rings (SSSR count). The van der Waals surface area contributed by atoms with Gasteiger partial charge in [0.05, 0.1) is 0 Å². The maximum absolute atomic E-state index is 11.0. The molecule has 0 unspecified atom stereocenters. The van der Waals surface area contributed by atoms with Crippen LogP contribution in [-0.4, -0.2) is 47.3 Å². The molecule has 0 aliphatic carbocycles. The van der Waals surface area contributed by atoms with Crippen LogP contribution >= 0.6 is 0 Å². The summed E-state index contributed by atoms with van der Waals surface area (Å²) in [5.74, 6) is -2.03. The van der Waals surface area contributed by atoms with Crippen molar-refractivity contribution in [3.63, 3.8) is 0 Å². The van der Waals surface area contributed by atoms with Crippen LogP contribution < -0.4 is 22.3 Å². The van der Waals surface area contributed by atoms with Gasteiger partial charge in [0.1, 0.15) is 12.1 Å². The second-order valence-corrected chi connectivity index (χ2v) is 4.64. The Hall–Kier alpha value is -1.22. The molecule has 0 aromatic heterocycles. The average Bonchev–Trinajstić information content (AvgIpc) is 2.39. The van der Waals surface area contributed by atoms with E-state index in [2.05, 4.69) is 10.9 Å². The van der Waals surface area contributed by atoms with Crippen LogP contribution in [0.15, 0.2) is 0 Å². The molecule has 8 nitrogen and oxygen atoms in total. The average molecular weight is 290 g/mol. The van der Waals surface area contributed by atoms with Gasteiger partial charge in [-0.05, 0) is 51.6 Å². The summed E-state index contributed by atoms with van der Waals surface area (Å²) in [6.07, 6.45) is 3.62. The van der Waals surface area contributed by atoms with Gasteiger partial charge >= 0.3 is 11.9 Å². The fourth-order valence-electron chi connectivity index (χ4n) is 1.70. The monoisotopic (exact) mass is 290 g/mol. The van der Waals surface area contributed by atoms with Crippen LogP contribution in [-0.2, 0) is 9.59 Å². The van der Waals surface area contributed by atoms with E-state index in [0.717, 1.165) is 12.8 Å². The predicted octanol–water partition coefficient (Wildman–Crippen LogP) is -0.755. The number of hydrazine groups is 1. The molecule has 0 saturated heterocycles. The first-order valence-electron chi connectivity index (χ1n) is 6.89. The highest BCUT2D eigenvalue weighted by Crippen LogP contribution is 2.03. The molecule has 0 heterocycles. The van der Waals surface area contributed by atoms with E-state index in [1.54, 1.807) is 0 Å². The first-order valence-corrected chi connectivity index (χ1v) is 6.89. The van der Waals surface area contributed by atoms with Crippen molar-refractivity contribution in [2.75, 3.05) is 13.1 Å². The lowest BCUT2D eigenvalue weighted by atomic mass is 10.1. The van der Waals surface area contributed by atoms with Gasteiger partial charge < -0.3 is 21.7 Å². The Labute approximate surface area is 118 Å². The second-order valence-electron chi connectivity index (χ2n) is 4.64. The summed E-state index contributed by atoms with van der Waals surface area (Å²) in [7, 11) is 0. The van der Waals surface area contributed by atoms with Gasteiger partial charge in [-0.2, -0.15) is 0 Å². The zero-order valence-corrected chi connectivity index (χ0v) is 11.7. The standard InChI is InChI=1S/C12H26N4O4/c13-7-3-1-5-9(11(17)18)15-16-10(12(19)20)6-2-4-8-14/h9-10,15-16H,1-8,13-14H2,(H,17,18)(H,19,20)/t9-,10-/m0/s1/i9+0. The minimum atomic E-state index is -1.01. The van der Waals surface area contributed by atoms with E-state index in [-0.39, 0.29) is 0 Å². The maximum atomic E-state index is 11.0. The molecular formula is C12H26N4O4. The van der Waals surface area contributed by atoms with Crippen molar-refractivity contribution in [1.29, 1.82) is 0 Å². The number of rotatable bonds is 13. The SMILES string of the molecule is NCCCC[C@H](NN[12C@@H](CCCCN)C(=O)O)C(=O)O. The molecule has 118 valence electrons. The topological polar surface area (TPSA) is 151 Å². The zero-order chi connectivity index (χ0) is 15.4. The maximum Gasteiger partial charge on any atom is 0.322 e. The minimum absolute atomic E-state index is 0.397. The first kappa shape index (κ1) is 18.8. The van der Waals surface area contributed by atoms with Crippen molar-refractivity contribution in [3.05, 3.63) is 0 Å². The lowest BCUT2D eigenvalue weighted by molar-refractivity contribution is -0.143. The van der Waals surface area contributed by atoms with Crippen molar-refractivity contribution >= 4 is 11.9 Å². The van der Waals surface area contributed by atoms with Gasteiger partial charge in [-0.15, -0.1) is 0 Å². The molecule has 8 N–H and O–H groups in total. The van der Waals surface area contributed by atoms with Crippen LogP contribution in [0, 0.1) is 0 Å². The summed E-state index contributed by atoms with van der Waals surface area (Å²) in [4.78, 5) is 22.1. The Morgan fingerprint density at radius 2 is 1.15 bits per heavy atom. The lowest BCUT2D eigenvalue weighted by Crippen LogP contribution is -2.52. The predicted molar refractivity (Wildman–Crippen MR) is 74.9 cm³/mol. The molecule has 0 aliphatic heterocycles. The molecule has 0 bridgehead atoms. The molecule has 0 aliphatic rings. The molecule has 2 atom stereocenters. The fourth-order valence-corrected chi connectivity index (χ4v) is 1.70. The Bertz CT molecular complexity index is 261. The molecule has 0 saturated carbocycles. The number of hydrogen-bond donors (Lipinski definition) is 6. The van der Waals surface area contributed by atoms with Crippen LogP contribution in [0.25, 0.3) is 0 Å². The molecule has 0 fully saturated rings. The summed E-state index contributed by atoms with van der Waals surface area (Å²) in [6.45, 7) is 1.02. The summed E-state index contributed by atoms with van der Waals surface area (Å²) in [6, 6.07) is -1.64. The van der Waals surface area contributed by atoms with E-state index < -0.39 is 24.0 Å². The van der Waals surface area contributed by atoms with E-state index in [4.69, 9.17) is 21.7 Å². The summed E-state index contributed by atoms with van der Waals surface area (Å²) < 4.78 is 0. The van der Waals surface area contributed by atoms with Gasteiger partial charge in [0.15, 0.2) is 0 Å². The zero-order valence-electron chi connectivity index (χ0n) is 11.7. The van der Waals surface area contributed by atoms with Crippen LogP contribution in [0.1, 0.15) is 38.5 Å². The van der Waals surface area contributed by atoms with Crippen molar-refractivity contribution in [1.82, 2.24) is 10.9 Å². The van der Waals surface area contributed by atoms with Crippen LogP contribution in [0.4, 0.5) is 0 Å². The smallest absolute Gasteiger partial charge is 0.322 e. The van der Waals surface area contributed by atoms with Crippen molar-refractivity contribution in [2.24, 2.45) is 11.5 Å². The molecule has 8 heteroatoms. The number of hydrogen-bond acceptors (Lipinski definition) is 6. The van der Waals surface area contributed by atoms with Gasteiger partial charge in [0.25, 0.3) is 0 Å². The molecule has 0 aromatic carbocycles. The number of aliphatic carboxylic acids is 2. The van der Waals surface area contributed by atoms with E-state index in [9.17, 15) is 9.59 Å². The van der Waals surface area contributed by atoms with E-state index >= 15 is 0 Å². The summed E-state index contributed by atoms with van der Waals surface area (Å²) in [5.41, 5.74) is 15.9. The van der Waals surface area contributed by atoms with Crippen molar-refractivity contribution < 1.29 is 19.8 Å². The van der Waals surface area contributed by atoms with Crippen molar-refractivity contribution in [3.8, 4) is 0 Å². The third kappa shape index (κ3) is 8.81. The number of nitrogens with one attached hydrogen (secondary N) is 2. The Balaban J connectivity index is 4.18. The summed E-state index contributed by atoms with van der Waals surface area (Å²) in [5, 5.41) is 18.1. The van der Waals surface area contributed by atoms with Gasteiger partial charge in [-0.1, -0.05) is 0 Å². The normalized spacial score (nSPS) is 13.9. The van der Waals surface area contributed by atoms with E-state index in [1.165, 1.54) is 0 Å². The highest BCUT2D eigenvalue weighted by Gasteiger charge is 2.21. The highest BCUT2D eigenvalue weighted by molar-refractivity contribution is 5.74. The quantitative estimate of drug-likeness (QED) is 0.191. The largest absolute Gasteiger partial charge is 0.480 e. The Morgan fingerprint density at radius 1 is 0.800 bits per heavy atom. The number of nitrogens with two attached hydrogens (primary N) is 2. The summed E-state index contributed by atoms with van der Waals surface area (Å²) >= 11 is 0. The Morgan fingerprint density at radius 3 is 1.40 bits per heavy atom. The molecule has 20 heavy (non-hydrogen) atoms. The molecule has 0 radical (unpaired) electrons. The molecule has 0 amide bonds. The van der Waals surface area contributed by atoms with E-state index in [1.807, 2.05) is 0 Å². The number of carboxylic acids is 2. The number of unbranched alkanes of at least 4 members (excludes halogenated alkanes) is 2. The third-order valence-corrected chi connectivity index (χ3v) is 2.92. The third-order valence-electron chi connectivity index (χ3n) is 2.92. The van der Waals surface area contributed by atoms with Gasteiger partial charge in [-0.25, -0.2) is 10.9 Å². The number of carboxylic acid groups (broad SMARTS) is 2. The number of carbonyl (C=O) groups is 2.